The number of fused-ring (bicyclic) bond motifs is 1. The molecule has 1 aromatic carbocycles. The van der Waals surface area contributed by atoms with Gasteiger partial charge in [0.2, 0.25) is 0 Å². The van der Waals surface area contributed by atoms with Crippen molar-refractivity contribution in [2.45, 2.75) is 33.4 Å². The maximum absolute atomic E-state index is 4.78. The van der Waals surface area contributed by atoms with Crippen LogP contribution in [0.3, 0.4) is 0 Å². The predicted octanol–water partition coefficient (Wildman–Crippen LogP) is 3.71. The highest BCUT2D eigenvalue weighted by atomic mass is 15.1. The van der Waals surface area contributed by atoms with Crippen molar-refractivity contribution in [1.29, 1.82) is 0 Å². The van der Waals surface area contributed by atoms with Gasteiger partial charge in [-0.1, -0.05) is 18.2 Å². The Morgan fingerprint density at radius 2 is 1.88 bits per heavy atom. The number of aryl methyl sites for hydroxylation is 2. The molecule has 3 aromatic rings. The summed E-state index contributed by atoms with van der Waals surface area (Å²) in [5.74, 6) is 0.773. The zero-order chi connectivity index (χ0) is 17.2. The highest BCUT2D eigenvalue weighted by Crippen LogP contribution is 2.23. The van der Waals surface area contributed by atoms with Crippen molar-refractivity contribution in [1.82, 2.24) is 19.9 Å². The van der Waals surface area contributed by atoms with Crippen LogP contribution in [0, 0.1) is 13.8 Å². The molecule has 2 aromatic heterocycles. The summed E-state index contributed by atoms with van der Waals surface area (Å²) in [6, 6.07) is 10.5. The monoisotopic (exact) mass is 330 g/mol. The van der Waals surface area contributed by atoms with Crippen LogP contribution in [-0.4, -0.2) is 26.4 Å². The van der Waals surface area contributed by atoms with E-state index >= 15 is 0 Å². The minimum absolute atomic E-state index is 0.773. The first-order chi connectivity index (χ1) is 12.2. The van der Waals surface area contributed by atoms with Gasteiger partial charge in [-0.25, -0.2) is 9.97 Å². The molecule has 4 heteroatoms. The molecule has 3 heterocycles. The number of aromatic nitrogens is 3. The summed E-state index contributed by atoms with van der Waals surface area (Å²) in [7, 11) is 0. The van der Waals surface area contributed by atoms with Crippen LogP contribution in [0.15, 0.2) is 48.9 Å². The standard InChI is InChI=1S/C21H22N4/c1-15-5-3-6-16(2)19(15)14-25-10-8-20-18(13-25)12-23-21(24-20)17-7-4-9-22-11-17/h3-7,9,11-12H,8,10,13-14H2,1-2H3. The lowest BCUT2D eigenvalue weighted by molar-refractivity contribution is 0.242. The van der Waals surface area contributed by atoms with E-state index in [0.717, 1.165) is 37.4 Å². The van der Waals surface area contributed by atoms with E-state index in [2.05, 4.69) is 46.9 Å². The van der Waals surface area contributed by atoms with E-state index in [-0.39, 0.29) is 0 Å². The number of hydrogen-bond donors (Lipinski definition) is 0. The molecule has 1 aliphatic heterocycles. The average molecular weight is 330 g/mol. The van der Waals surface area contributed by atoms with E-state index in [4.69, 9.17) is 4.98 Å². The summed E-state index contributed by atoms with van der Waals surface area (Å²) in [5.41, 5.74) is 7.57. The molecule has 0 bridgehead atoms. The van der Waals surface area contributed by atoms with E-state index < -0.39 is 0 Å². The van der Waals surface area contributed by atoms with Crippen LogP contribution in [0.4, 0.5) is 0 Å². The smallest absolute Gasteiger partial charge is 0.160 e. The fourth-order valence-electron chi connectivity index (χ4n) is 3.47. The molecule has 4 nitrogen and oxygen atoms in total. The van der Waals surface area contributed by atoms with Gasteiger partial charge in [0.25, 0.3) is 0 Å². The highest BCUT2D eigenvalue weighted by molar-refractivity contribution is 5.53. The molecule has 0 spiro atoms. The number of pyridine rings is 1. The minimum Gasteiger partial charge on any atom is -0.294 e. The van der Waals surface area contributed by atoms with E-state index in [1.807, 2.05) is 24.5 Å². The average Bonchev–Trinajstić information content (AvgIpc) is 2.65. The molecule has 0 fully saturated rings. The second kappa shape index (κ2) is 6.73. The summed E-state index contributed by atoms with van der Waals surface area (Å²) in [4.78, 5) is 16.0. The van der Waals surface area contributed by atoms with Gasteiger partial charge in [0.1, 0.15) is 0 Å². The Labute approximate surface area is 148 Å². The molecule has 1 aliphatic rings. The summed E-state index contributed by atoms with van der Waals surface area (Å²) in [5, 5.41) is 0. The van der Waals surface area contributed by atoms with E-state index in [9.17, 15) is 0 Å². The van der Waals surface area contributed by atoms with Gasteiger partial charge in [-0.05, 0) is 42.7 Å². The Balaban J connectivity index is 1.54. The zero-order valence-electron chi connectivity index (χ0n) is 14.7. The van der Waals surface area contributed by atoms with E-state index in [1.165, 1.54) is 27.9 Å². The predicted molar refractivity (Wildman–Crippen MR) is 99.0 cm³/mol. The van der Waals surface area contributed by atoms with Crippen molar-refractivity contribution in [2.24, 2.45) is 0 Å². The van der Waals surface area contributed by atoms with Gasteiger partial charge < -0.3 is 0 Å². The third kappa shape index (κ3) is 3.30. The van der Waals surface area contributed by atoms with Crippen molar-refractivity contribution in [3.63, 3.8) is 0 Å². The Kier molecular flexibility index (Phi) is 4.28. The molecular formula is C21H22N4. The first-order valence-electron chi connectivity index (χ1n) is 8.73. The van der Waals surface area contributed by atoms with Gasteiger partial charge in [-0.15, -0.1) is 0 Å². The van der Waals surface area contributed by atoms with Crippen LogP contribution in [-0.2, 0) is 19.5 Å². The van der Waals surface area contributed by atoms with Gasteiger partial charge in [0.15, 0.2) is 5.82 Å². The van der Waals surface area contributed by atoms with Gasteiger partial charge in [0, 0.05) is 55.8 Å². The molecular weight excluding hydrogens is 308 g/mol. The Morgan fingerprint density at radius 3 is 2.64 bits per heavy atom. The second-order valence-electron chi connectivity index (χ2n) is 6.74. The molecule has 0 saturated carbocycles. The van der Waals surface area contributed by atoms with Crippen molar-refractivity contribution in [3.8, 4) is 11.4 Å². The zero-order valence-corrected chi connectivity index (χ0v) is 14.7. The topological polar surface area (TPSA) is 41.9 Å². The molecule has 126 valence electrons. The Hall–Kier alpha value is -2.59. The summed E-state index contributed by atoms with van der Waals surface area (Å²) < 4.78 is 0. The third-order valence-electron chi connectivity index (χ3n) is 4.96. The van der Waals surface area contributed by atoms with Gasteiger partial charge in [-0.3, -0.25) is 9.88 Å². The Morgan fingerprint density at radius 1 is 1.04 bits per heavy atom. The lowest BCUT2D eigenvalue weighted by Gasteiger charge is -2.29. The quantitative estimate of drug-likeness (QED) is 0.734. The molecule has 4 rings (SSSR count). The van der Waals surface area contributed by atoms with Crippen LogP contribution < -0.4 is 0 Å². The molecule has 0 aliphatic carbocycles. The normalized spacial score (nSPS) is 14.3. The largest absolute Gasteiger partial charge is 0.294 e. The van der Waals surface area contributed by atoms with Crippen LogP contribution in [0.25, 0.3) is 11.4 Å². The Bertz CT molecular complexity index is 869. The minimum atomic E-state index is 0.773. The lowest BCUT2D eigenvalue weighted by Crippen LogP contribution is -2.31. The number of nitrogens with zero attached hydrogens (tertiary/aromatic N) is 4. The van der Waals surface area contributed by atoms with Crippen LogP contribution in [0.1, 0.15) is 27.9 Å². The van der Waals surface area contributed by atoms with Gasteiger partial charge >= 0.3 is 0 Å². The van der Waals surface area contributed by atoms with E-state index in [0.29, 0.717) is 0 Å². The first-order valence-corrected chi connectivity index (χ1v) is 8.73. The second-order valence-corrected chi connectivity index (χ2v) is 6.74. The van der Waals surface area contributed by atoms with Gasteiger partial charge in [0.05, 0.1) is 5.69 Å². The maximum atomic E-state index is 4.78. The van der Waals surface area contributed by atoms with Crippen molar-refractivity contribution >= 4 is 0 Å². The molecule has 0 unspecified atom stereocenters. The maximum Gasteiger partial charge on any atom is 0.160 e. The molecule has 25 heavy (non-hydrogen) atoms. The number of benzene rings is 1. The number of hydrogen-bond acceptors (Lipinski definition) is 4. The molecule has 0 amide bonds. The SMILES string of the molecule is Cc1cccc(C)c1CN1CCc2nc(-c3cccnc3)ncc2C1. The third-order valence-corrected chi connectivity index (χ3v) is 4.96. The molecule has 0 atom stereocenters. The fraction of sp³-hybridized carbons (Fsp3) is 0.286. The van der Waals surface area contributed by atoms with Crippen molar-refractivity contribution in [2.75, 3.05) is 6.54 Å². The molecule has 0 radical (unpaired) electrons. The lowest BCUT2D eigenvalue weighted by atomic mass is 10.0. The van der Waals surface area contributed by atoms with Crippen LogP contribution in [0.2, 0.25) is 0 Å². The highest BCUT2D eigenvalue weighted by Gasteiger charge is 2.20. The van der Waals surface area contributed by atoms with Crippen molar-refractivity contribution in [3.05, 3.63) is 76.9 Å². The van der Waals surface area contributed by atoms with Crippen molar-refractivity contribution < 1.29 is 0 Å². The van der Waals surface area contributed by atoms with Crippen LogP contribution in [0.5, 0.6) is 0 Å². The fourth-order valence-corrected chi connectivity index (χ4v) is 3.47. The number of rotatable bonds is 3. The summed E-state index contributed by atoms with van der Waals surface area (Å²) in [6.07, 6.45) is 6.54. The summed E-state index contributed by atoms with van der Waals surface area (Å²) in [6.45, 7) is 7.33. The van der Waals surface area contributed by atoms with E-state index in [1.54, 1.807) is 6.20 Å². The first kappa shape index (κ1) is 15.9. The molecule has 0 saturated heterocycles. The summed E-state index contributed by atoms with van der Waals surface area (Å²) >= 11 is 0. The van der Waals surface area contributed by atoms with Gasteiger partial charge in [-0.2, -0.15) is 0 Å². The molecule has 0 N–H and O–H groups in total. The van der Waals surface area contributed by atoms with Crippen LogP contribution >= 0.6 is 0 Å².